The molecule has 0 atom stereocenters. The van der Waals surface area contributed by atoms with Gasteiger partial charge in [0.2, 0.25) is 0 Å². The minimum absolute atomic E-state index is 0.175. The van der Waals surface area contributed by atoms with E-state index in [0.717, 1.165) is 36.2 Å². The first-order chi connectivity index (χ1) is 9.49. The molecule has 20 heavy (non-hydrogen) atoms. The van der Waals surface area contributed by atoms with E-state index in [1.165, 1.54) is 5.69 Å². The van der Waals surface area contributed by atoms with Gasteiger partial charge in [0.05, 0.1) is 11.2 Å². The van der Waals surface area contributed by atoms with Crippen LogP contribution in [0.3, 0.4) is 0 Å². The van der Waals surface area contributed by atoms with E-state index in [0.29, 0.717) is 0 Å². The Labute approximate surface area is 120 Å². The van der Waals surface area contributed by atoms with Crippen molar-refractivity contribution in [3.8, 4) is 0 Å². The summed E-state index contributed by atoms with van der Waals surface area (Å²) in [5.41, 5.74) is 9.11. The van der Waals surface area contributed by atoms with Gasteiger partial charge in [-0.3, -0.25) is 9.88 Å². The van der Waals surface area contributed by atoms with E-state index in [4.69, 9.17) is 5.73 Å². The topological polar surface area (TPSA) is 45.4 Å². The Hall–Kier alpha value is -1.81. The maximum atomic E-state index is 6.04. The highest BCUT2D eigenvalue weighted by Crippen LogP contribution is 2.31. The van der Waals surface area contributed by atoms with Crippen LogP contribution < -0.4 is 10.6 Å². The van der Waals surface area contributed by atoms with E-state index in [2.05, 4.69) is 47.8 Å². The quantitative estimate of drug-likeness (QED) is 0.808. The van der Waals surface area contributed by atoms with Gasteiger partial charge in [-0.15, -0.1) is 0 Å². The molecule has 106 valence electrons. The molecular formula is C16H22N4. The third-order valence-corrected chi connectivity index (χ3v) is 4.44. The van der Waals surface area contributed by atoms with Crippen LogP contribution in [0.4, 0.5) is 11.4 Å². The summed E-state index contributed by atoms with van der Waals surface area (Å²) in [6.45, 7) is 7.69. The van der Waals surface area contributed by atoms with Crippen LogP contribution in [-0.4, -0.2) is 42.1 Å². The molecule has 1 aromatic heterocycles. The molecule has 1 aromatic carbocycles. The Bertz CT molecular complexity index is 635. The van der Waals surface area contributed by atoms with Gasteiger partial charge in [0.15, 0.2) is 0 Å². The number of benzene rings is 1. The van der Waals surface area contributed by atoms with Crippen molar-refractivity contribution in [3.63, 3.8) is 0 Å². The van der Waals surface area contributed by atoms with Gasteiger partial charge in [-0.05, 0) is 33.0 Å². The number of anilines is 2. The molecule has 1 saturated heterocycles. The average Bonchev–Trinajstić information content (AvgIpc) is 2.42. The van der Waals surface area contributed by atoms with Crippen molar-refractivity contribution in [2.24, 2.45) is 0 Å². The highest BCUT2D eigenvalue weighted by Gasteiger charge is 2.31. The van der Waals surface area contributed by atoms with Gasteiger partial charge in [0.1, 0.15) is 0 Å². The Balaban J connectivity index is 2.05. The summed E-state index contributed by atoms with van der Waals surface area (Å²) in [7, 11) is 2.19. The van der Waals surface area contributed by atoms with Crippen molar-refractivity contribution in [2.75, 3.05) is 37.3 Å². The molecule has 2 aromatic rings. The molecule has 0 bridgehead atoms. The molecule has 0 amide bonds. The normalized spacial score (nSPS) is 19.4. The number of piperazine rings is 1. The summed E-state index contributed by atoms with van der Waals surface area (Å²) in [6, 6.07) is 8.12. The van der Waals surface area contributed by atoms with Gasteiger partial charge in [0.25, 0.3) is 0 Å². The lowest BCUT2D eigenvalue weighted by molar-refractivity contribution is 0.139. The SMILES string of the molecule is CN1CCN(c2ccnc3c(N)cccc23)CC1(C)C. The van der Waals surface area contributed by atoms with Crippen molar-refractivity contribution in [1.82, 2.24) is 9.88 Å². The molecule has 4 heteroatoms. The second-order valence-electron chi connectivity index (χ2n) is 6.23. The summed E-state index contributed by atoms with van der Waals surface area (Å²) in [5, 5.41) is 1.15. The maximum Gasteiger partial charge on any atom is 0.0951 e. The number of aromatic nitrogens is 1. The molecule has 4 nitrogen and oxygen atoms in total. The van der Waals surface area contributed by atoms with Gasteiger partial charge in [-0.25, -0.2) is 0 Å². The number of nitrogens with two attached hydrogens (primary N) is 1. The van der Waals surface area contributed by atoms with Crippen LogP contribution in [0.15, 0.2) is 30.5 Å². The smallest absolute Gasteiger partial charge is 0.0951 e. The second kappa shape index (κ2) is 4.63. The molecule has 0 saturated carbocycles. The van der Waals surface area contributed by atoms with E-state index < -0.39 is 0 Å². The van der Waals surface area contributed by atoms with E-state index in [-0.39, 0.29) is 5.54 Å². The largest absolute Gasteiger partial charge is 0.397 e. The molecule has 0 spiro atoms. The minimum Gasteiger partial charge on any atom is -0.397 e. The van der Waals surface area contributed by atoms with Gasteiger partial charge in [0, 0.05) is 42.4 Å². The summed E-state index contributed by atoms with van der Waals surface area (Å²) >= 11 is 0. The Morgan fingerprint density at radius 2 is 2.00 bits per heavy atom. The summed E-state index contributed by atoms with van der Waals surface area (Å²) in [6.07, 6.45) is 1.86. The fourth-order valence-corrected chi connectivity index (χ4v) is 2.91. The fourth-order valence-electron chi connectivity index (χ4n) is 2.91. The molecule has 0 aliphatic carbocycles. The second-order valence-corrected chi connectivity index (χ2v) is 6.23. The number of para-hydroxylation sites is 1. The van der Waals surface area contributed by atoms with Gasteiger partial charge in [-0.1, -0.05) is 12.1 Å². The lowest BCUT2D eigenvalue weighted by Gasteiger charge is -2.46. The number of hydrogen-bond acceptors (Lipinski definition) is 4. The summed E-state index contributed by atoms with van der Waals surface area (Å²) in [4.78, 5) is 9.29. The van der Waals surface area contributed by atoms with Crippen molar-refractivity contribution in [2.45, 2.75) is 19.4 Å². The molecule has 1 aliphatic rings. The molecule has 0 unspecified atom stereocenters. The average molecular weight is 270 g/mol. The predicted octanol–water partition coefficient (Wildman–Crippen LogP) is 2.35. The Morgan fingerprint density at radius 1 is 1.20 bits per heavy atom. The highest BCUT2D eigenvalue weighted by atomic mass is 15.3. The first-order valence-electron chi connectivity index (χ1n) is 7.08. The Morgan fingerprint density at radius 3 is 2.75 bits per heavy atom. The van der Waals surface area contributed by atoms with Gasteiger partial charge >= 0.3 is 0 Å². The highest BCUT2D eigenvalue weighted by molar-refractivity contribution is 5.98. The van der Waals surface area contributed by atoms with Crippen LogP contribution in [-0.2, 0) is 0 Å². The third kappa shape index (κ3) is 2.10. The van der Waals surface area contributed by atoms with E-state index in [1.807, 2.05) is 18.3 Å². The number of fused-ring (bicyclic) bond motifs is 1. The number of likely N-dealkylation sites (N-methyl/N-ethyl adjacent to an activating group) is 1. The predicted molar refractivity (Wildman–Crippen MR) is 85.1 cm³/mol. The summed E-state index contributed by atoms with van der Waals surface area (Å²) < 4.78 is 0. The van der Waals surface area contributed by atoms with Crippen LogP contribution in [0.5, 0.6) is 0 Å². The summed E-state index contributed by atoms with van der Waals surface area (Å²) in [5.74, 6) is 0. The first kappa shape index (κ1) is 13.2. The molecule has 1 fully saturated rings. The Kier molecular flexibility index (Phi) is 3.05. The van der Waals surface area contributed by atoms with Crippen LogP contribution in [0.2, 0.25) is 0 Å². The maximum absolute atomic E-state index is 6.04. The van der Waals surface area contributed by atoms with E-state index in [1.54, 1.807) is 0 Å². The van der Waals surface area contributed by atoms with Gasteiger partial charge < -0.3 is 10.6 Å². The van der Waals surface area contributed by atoms with Crippen LogP contribution in [0, 0.1) is 0 Å². The van der Waals surface area contributed by atoms with Crippen molar-refractivity contribution in [3.05, 3.63) is 30.5 Å². The molecule has 3 rings (SSSR count). The first-order valence-corrected chi connectivity index (χ1v) is 7.08. The molecule has 1 aliphatic heterocycles. The molecule has 0 radical (unpaired) electrons. The van der Waals surface area contributed by atoms with Crippen LogP contribution in [0.25, 0.3) is 10.9 Å². The zero-order chi connectivity index (χ0) is 14.3. The van der Waals surface area contributed by atoms with Crippen molar-refractivity contribution < 1.29 is 0 Å². The number of pyridine rings is 1. The van der Waals surface area contributed by atoms with Crippen molar-refractivity contribution >= 4 is 22.3 Å². The van der Waals surface area contributed by atoms with Crippen LogP contribution in [0.1, 0.15) is 13.8 Å². The molecule has 2 heterocycles. The number of rotatable bonds is 1. The van der Waals surface area contributed by atoms with E-state index in [9.17, 15) is 0 Å². The van der Waals surface area contributed by atoms with E-state index >= 15 is 0 Å². The lowest BCUT2D eigenvalue weighted by Crippen LogP contribution is -2.57. The van der Waals surface area contributed by atoms with Gasteiger partial charge in [-0.2, -0.15) is 0 Å². The lowest BCUT2D eigenvalue weighted by atomic mass is 9.98. The van der Waals surface area contributed by atoms with Crippen LogP contribution >= 0.6 is 0 Å². The third-order valence-electron chi connectivity index (χ3n) is 4.44. The molecule has 2 N–H and O–H groups in total. The van der Waals surface area contributed by atoms with Crippen molar-refractivity contribution in [1.29, 1.82) is 0 Å². The zero-order valence-corrected chi connectivity index (χ0v) is 12.4. The fraction of sp³-hybridized carbons (Fsp3) is 0.438. The number of hydrogen-bond donors (Lipinski definition) is 1. The number of nitrogen functional groups attached to an aromatic ring is 1. The number of nitrogens with zero attached hydrogens (tertiary/aromatic N) is 3. The standard InChI is InChI=1S/C16H22N4/c1-16(2)11-20(10-9-19(16)3)14-7-8-18-15-12(14)5-4-6-13(15)17/h4-8H,9-11,17H2,1-3H3. The molecular weight excluding hydrogens is 248 g/mol. The zero-order valence-electron chi connectivity index (χ0n) is 12.4. The minimum atomic E-state index is 0.175. The monoisotopic (exact) mass is 270 g/mol.